The summed E-state index contributed by atoms with van der Waals surface area (Å²) >= 11 is 6.57. The van der Waals surface area contributed by atoms with Gasteiger partial charge in [0.15, 0.2) is 5.82 Å². The molecule has 0 saturated carbocycles. The van der Waals surface area contributed by atoms with Gasteiger partial charge >= 0.3 is 6.03 Å². The van der Waals surface area contributed by atoms with Crippen molar-refractivity contribution in [1.82, 2.24) is 9.97 Å². The minimum Gasteiger partial charge on any atom is -0.378 e. The number of amides is 2. The maximum Gasteiger partial charge on any atom is 0.324 e. The summed E-state index contributed by atoms with van der Waals surface area (Å²) in [5.41, 5.74) is 10.7. The van der Waals surface area contributed by atoms with Gasteiger partial charge in [0.2, 0.25) is 0 Å². The Morgan fingerprint density at radius 1 is 0.848 bits per heavy atom. The molecule has 1 heterocycles. The molecule has 0 aliphatic rings. The fraction of sp³-hybridized carbons (Fsp3) is 0.115. The minimum absolute atomic E-state index is 0.493. The predicted molar refractivity (Wildman–Crippen MR) is 135 cm³/mol. The fourth-order valence-electron chi connectivity index (χ4n) is 3.66. The van der Waals surface area contributed by atoms with Gasteiger partial charge in [-0.25, -0.2) is 14.8 Å². The molecule has 0 spiro atoms. The second-order valence-electron chi connectivity index (χ2n) is 7.76. The summed E-state index contributed by atoms with van der Waals surface area (Å²) in [6.45, 7) is 1.84. The van der Waals surface area contributed by atoms with Crippen LogP contribution in [0.25, 0.3) is 22.6 Å². The summed E-state index contributed by atoms with van der Waals surface area (Å²) in [6.07, 6.45) is 0. The molecule has 7 heteroatoms. The summed E-state index contributed by atoms with van der Waals surface area (Å²) in [4.78, 5) is 25.7. The molecule has 0 radical (unpaired) electrons. The van der Waals surface area contributed by atoms with Gasteiger partial charge in [0.25, 0.3) is 0 Å². The van der Waals surface area contributed by atoms with Crippen LogP contribution in [0.4, 0.5) is 21.9 Å². The number of nitrogens with zero attached hydrogens (tertiary/aromatic N) is 4. The lowest BCUT2D eigenvalue weighted by atomic mass is 10.1. The highest BCUT2D eigenvalue weighted by molar-refractivity contribution is 6.33. The van der Waals surface area contributed by atoms with Crippen molar-refractivity contribution >= 4 is 34.7 Å². The lowest BCUT2D eigenvalue weighted by Gasteiger charge is -2.26. The van der Waals surface area contributed by atoms with Crippen LogP contribution in [0, 0.1) is 6.92 Å². The van der Waals surface area contributed by atoms with E-state index in [2.05, 4.69) is 0 Å². The van der Waals surface area contributed by atoms with Crippen molar-refractivity contribution in [2.24, 2.45) is 5.73 Å². The Morgan fingerprint density at radius 3 is 2.06 bits per heavy atom. The first-order valence-corrected chi connectivity index (χ1v) is 10.8. The van der Waals surface area contributed by atoms with Crippen LogP contribution in [0.2, 0.25) is 5.02 Å². The Kier molecular flexibility index (Phi) is 6.29. The van der Waals surface area contributed by atoms with Crippen molar-refractivity contribution in [2.45, 2.75) is 6.92 Å². The average Bonchev–Trinajstić information content (AvgIpc) is 2.81. The molecule has 0 bridgehead atoms. The number of primary amides is 1. The standard InChI is InChI=1S/C26H24ClN5O/c1-17-24(32(26(28)33)20-15-13-19(14-16-20)31(2)3)23(21-11-7-8-12-22(21)27)30-25(29-17)18-9-5-4-6-10-18/h4-16H,1-3H3,(H2,28,33). The van der Waals surface area contributed by atoms with E-state index in [4.69, 9.17) is 27.3 Å². The van der Waals surface area contributed by atoms with Crippen LogP contribution in [0.1, 0.15) is 5.69 Å². The van der Waals surface area contributed by atoms with Crippen LogP contribution in [0.5, 0.6) is 0 Å². The zero-order valence-corrected chi connectivity index (χ0v) is 19.4. The molecule has 33 heavy (non-hydrogen) atoms. The molecule has 0 unspecified atom stereocenters. The van der Waals surface area contributed by atoms with Crippen LogP contribution in [0.15, 0.2) is 78.9 Å². The number of aryl methyl sites for hydroxylation is 1. The molecule has 166 valence electrons. The molecule has 6 nitrogen and oxygen atoms in total. The fourth-order valence-corrected chi connectivity index (χ4v) is 3.88. The second-order valence-corrected chi connectivity index (χ2v) is 8.17. The lowest BCUT2D eigenvalue weighted by Crippen LogP contribution is -2.33. The van der Waals surface area contributed by atoms with E-state index in [1.165, 1.54) is 4.90 Å². The van der Waals surface area contributed by atoms with E-state index in [0.717, 1.165) is 11.3 Å². The second kappa shape index (κ2) is 9.30. The number of urea groups is 1. The van der Waals surface area contributed by atoms with E-state index >= 15 is 0 Å². The van der Waals surface area contributed by atoms with E-state index in [9.17, 15) is 4.79 Å². The number of aromatic nitrogens is 2. The number of hydrogen-bond acceptors (Lipinski definition) is 4. The smallest absolute Gasteiger partial charge is 0.324 e. The summed E-state index contributed by atoms with van der Waals surface area (Å²) in [5.74, 6) is 0.541. The Hall–Kier alpha value is -3.90. The normalized spacial score (nSPS) is 10.7. The van der Waals surface area contributed by atoms with Crippen LogP contribution < -0.4 is 15.5 Å². The van der Waals surface area contributed by atoms with E-state index in [1.807, 2.05) is 98.7 Å². The zero-order chi connectivity index (χ0) is 23.5. The van der Waals surface area contributed by atoms with Crippen LogP contribution in [-0.2, 0) is 0 Å². The van der Waals surface area contributed by atoms with Gasteiger partial charge in [0.05, 0.1) is 22.1 Å². The number of halogens is 1. The molecule has 4 rings (SSSR count). The third-order valence-electron chi connectivity index (χ3n) is 5.29. The van der Waals surface area contributed by atoms with E-state index in [0.29, 0.717) is 39.2 Å². The third kappa shape index (κ3) is 4.52. The molecule has 3 aromatic carbocycles. The third-order valence-corrected chi connectivity index (χ3v) is 5.62. The average molecular weight is 458 g/mol. The first-order valence-electron chi connectivity index (χ1n) is 10.4. The summed E-state index contributed by atoms with van der Waals surface area (Å²) in [5, 5.41) is 0.517. The van der Waals surface area contributed by atoms with Gasteiger partial charge in [-0.05, 0) is 37.3 Å². The van der Waals surface area contributed by atoms with Crippen molar-refractivity contribution in [3.63, 3.8) is 0 Å². The summed E-state index contributed by atoms with van der Waals surface area (Å²) in [7, 11) is 3.91. The van der Waals surface area contributed by atoms with Gasteiger partial charge < -0.3 is 10.6 Å². The quantitative estimate of drug-likeness (QED) is 0.395. The molecule has 1 aromatic heterocycles. The number of hydrogen-bond donors (Lipinski definition) is 1. The van der Waals surface area contributed by atoms with Crippen molar-refractivity contribution in [1.29, 1.82) is 0 Å². The van der Waals surface area contributed by atoms with Crippen LogP contribution >= 0.6 is 11.6 Å². The highest BCUT2D eigenvalue weighted by Gasteiger charge is 2.26. The Morgan fingerprint density at radius 2 is 1.45 bits per heavy atom. The highest BCUT2D eigenvalue weighted by Crippen LogP contribution is 2.40. The van der Waals surface area contributed by atoms with Gasteiger partial charge in [-0.1, -0.05) is 60.1 Å². The maximum absolute atomic E-state index is 12.7. The van der Waals surface area contributed by atoms with Crippen molar-refractivity contribution in [2.75, 3.05) is 23.9 Å². The van der Waals surface area contributed by atoms with Crippen molar-refractivity contribution in [3.8, 4) is 22.6 Å². The number of nitrogens with two attached hydrogens (primary N) is 1. The molecule has 0 fully saturated rings. The molecule has 0 aliphatic heterocycles. The molecule has 0 saturated heterocycles. The van der Waals surface area contributed by atoms with E-state index < -0.39 is 6.03 Å². The summed E-state index contributed by atoms with van der Waals surface area (Å²) < 4.78 is 0. The van der Waals surface area contributed by atoms with Gasteiger partial charge in [-0.2, -0.15) is 0 Å². The molecule has 2 amide bonds. The van der Waals surface area contributed by atoms with Gasteiger partial charge in [-0.3, -0.25) is 4.90 Å². The topological polar surface area (TPSA) is 75.4 Å². The largest absolute Gasteiger partial charge is 0.378 e. The van der Waals surface area contributed by atoms with Gasteiger partial charge in [0.1, 0.15) is 5.69 Å². The lowest BCUT2D eigenvalue weighted by molar-refractivity contribution is 0.256. The predicted octanol–water partition coefficient (Wildman–Crippen LogP) is 6.06. The van der Waals surface area contributed by atoms with E-state index in [1.54, 1.807) is 6.07 Å². The summed E-state index contributed by atoms with van der Waals surface area (Å²) in [6, 6.07) is 24.0. The number of anilines is 3. The van der Waals surface area contributed by atoms with Crippen LogP contribution in [-0.4, -0.2) is 30.1 Å². The Bertz CT molecular complexity index is 1290. The number of carbonyl (C=O) groups excluding carboxylic acids is 1. The van der Waals surface area contributed by atoms with Gasteiger partial charge in [0, 0.05) is 30.9 Å². The molecular formula is C26H24ClN5O. The number of benzene rings is 3. The first-order chi connectivity index (χ1) is 15.9. The Labute approximate surface area is 198 Å². The first kappa shape index (κ1) is 22.3. The molecule has 0 aliphatic carbocycles. The van der Waals surface area contributed by atoms with Gasteiger partial charge in [-0.15, -0.1) is 0 Å². The van der Waals surface area contributed by atoms with Crippen molar-refractivity contribution < 1.29 is 4.79 Å². The molecular weight excluding hydrogens is 434 g/mol. The zero-order valence-electron chi connectivity index (χ0n) is 18.7. The minimum atomic E-state index is -0.639. The SMILES string of the molecule is Cc1nc(-c2ccccc2)nc(-c2ccccc2Cl)c1N(C(N)=O)c1ccc(N(C)C)cc1. The molecule has 0 atom stereocenters. The Balaban J connectivity index is 1.97. The highest BCUT2D eigenvalue weighted by atomic mass is 35.5. The van der Waals surface area contributed by atoms with Crippen molar-refractivity contribution in [3.05, 3.63) is 89.6 Å². The molecule has 2 N–H and O–H groups in total. The number of rotatable bonds is 5. The van der Waals surface area contributed by atoms with Crippen LogP contribution in [0.3, 0.4) is 0 Å². The monoisotopic (exact) mass is 457 g/mol. The maximum atomic E-state index is 12.7. The van der Waals surface area contributed by atoms with E-state index in [-0.39, 0.29) is 0 Å². The molecule has 4 aromatic rings. The number of carbonyl (C=O) groups is 1.